The van der Waals surface area contributed by atoms with Gasteiger partial charge >= 0.3 is 0 Å². The van der Waals surface area contributed by atoms with E-state index in [9.17, 15) is 18.8 Å². The maximum Gasteiger partial charge on any atom is 0.246 e. The van der Waals surface area contributed by atoms with Crippen molar-refractivity contribution in [2.75, 3.05) is 11.9 Å². The zero-order valence-corrected chi connectivity index (χ0v) is 16.1. The molecule has 2 aromatic rings. The van der Waals surface area contributed by atoms with Crippen LogP contribution in [0, 0.1) is 17.7 Å². The van der Waals surface area contributed by atoms with E-state index in [-0.39, 0.29) is 35.2 Å². The summed E-state index contributed by atoms with van der Waals surface area (Å²) in [6.45, 7) is -0.336. The second-order valence-electron chi connectivity index (χ2n) is 6.63. The number of hydrogen-bond acceptors (Lipinski definition) is 5. The Bertz CT molecular complexity index is 980. The highest BCUT2D eigenvalue weighted by molar-refractivity contribution is 7.14. The second kappa shape index (κ2) is 7.44. The van der Waals surface area contributed by atoms with Crippen molar-refractivity contribution in [2.24, 2.45) is 11.8 Å². The summed E-state index contributed by atoms with van der Waals surface area (Å²) in [5.74, 6) is -2.28. The summed E-state index contributed by atoms with van der Waals surface area (Å²) in [6, 6.07) is 3.97. The largest absolute Gasteiger partial charge is 0.300 e. The Morgan fingerprint density at radius 1 is 1.25 bits per heavy atom. The Morgan fingerprint density at radius 2 is 1.93 bits per heavy atom. The molecule has 1 fully saturated rings. The van der Waals surface area contributed by atoms with Crippen LogP contribution in [-0.2, 0) is 14.4 Å². The van der Waals surface area contributed by atoms with Gasteiger partial charge in [0.05, 0.1) is 22.6 Å². The summed E-state index contributed by atoms with van der Waals surface area (Å²) in [6.07, 6.45) is 4.85. The number of rotatable bonds is 4. The number of anilines is 1. The Labute approximate surface area is 169 Å². The molecule has 144 valence electrons. The molecule has 2 aliphatic rings. The predicted molar refractivity (Wildman–Crippen MR) is 103 cm³/mol. The van der Waals surface area contributed by atoms with Gasteiger partial charge in [-0.1, -0.05) is 23.8 Å². The zero-order valence-electron chi connectivity index (χ0n) is 14.5. The molecule has 28 heavy (non-hydrogen) atoms. The highest BCUT2D eigenvalue weighted by Gasteiger charge is 2.47. The van der Waals surface area contributed by atoms with Crippen LogP contribution in [0.25, 0.3) is 11.3 Å². The van der Waals surface area contributed by atoms with Crippen molar-refractivity contribution < 1.29 is 18.8 Å². The monoisotopic (exact) mass is 419 g/mol. The quantitative estimate of drug-likeness (QED) is 0.607. The average molecular weight is 420 g/mol. The van der Waals surface area contributed by atoms with Gasteiger partial charge in [-0.2, -0.15) is 0 Å². The van der Waals surface area contributed by atoms with Gasteiger partial charge in [0.15, 0.2) is 5.13 Å². The first-order valence-electron chi connectivity index (χ1n) is 8.65. The number of carbonyl (C=O) groups is 3. The van der Waals surface area contributed by atoms with E-state index in [0.717, 1.165) is 4.90 Å². The lowest BCUT2D eigenvalue weighted by Crippen LogP contribution is -2.38. The first-order valence-corrected chi connectivity index (χ1v) is 9.91. The van der Waals surface area contributed by atoms with Gasteiger partial charge in [-0.3, -0.25) is 19.3 Å². The maximum absolute atomic E-state index is 13.2. The molecule has 2 heterocycles. The molecule has 2 unspecified atom stereocenters. The van der Waals surface area contributed by atoms with E-state index in [4.69, 9.17) is 11.6 Å². The van der Waals surface area contributed by atoms with Crippen LogP contribution in [0.2, 0.25) is 5.02 Å². The van der Waals surface area contributed by atoms with Gasteiger partial charge in [0, 0.05) is 10.9 Å². The lowest BCUT2D eigenvalue weighted by molar-refractivity contribution is -0.142. The minimum atomic E-state index is -0.501. The third-order valence-corrected chi connectivity index (χ3v) is 5.93. The summed E-state index contributed by atoms with van der Waals surface area (Å²) < 4.78 is 13.2. The molecule has 0 spiro atoms. The molecule has 3 amide bonds. The minimum Gasteiger partial charge on any atom is -0.300 e. The van der Waals surface area contributed by atoms with Crippen molar-refractivity contribution in [3.8, 4) is 11.3 Å². The Balaban J connectivity index is 1.43. The molecule has 0 radical (unpaired) electrons. The molecule has 1 aliphatic carbocycles. The van der Waals surface area contributed by atoms with Crippen LogP contribution in [0.3, 0.4) is 0 Å². The number of fused-ring (bicyclic) bond motifs is 1. The van der Waals surface area contributed by atoms with Crippen molar-refractivity contribution in [3.63, 3.8) is 0 Å². The van der Waals surface area contributed by atoms with Gasteiger partial charge in [0.25, 0.3) is 0 Å². The van der Waals surface area contributed by atoms with Crippen LogP contribution < -0.4 is 5.32 Å². The minimum absolute atomic E-state index is 0.215. The number of imide groups is 1. The molecule has 0 bridgehead atoms. The average Bonchev–Trinajstić information content (AvgIpc) is 3.21. The fraction of sp³-hybridized carbons (Fsp3) is 0.263. The lowest BCUT2D eigenvalue weighted by atomic mass is 9.85. The standard InChI is InChI=1S/C19H15ClFN3O3S/c20-14-7-10(21)5-6-13(14)15-9-28-19(22-15)23-16(25)8-24-17(26)11-3-1-2-4-12(11)18(24)27/h1-2,5-7,9,11-12H,3-4,8H2,(H,22,23,25). The van der Waals surface area contributed by atoms with E-state index in [1.165, 1.54) is 29.5 Å². The van der Waals surface area contributed by atoms with E-state index in [2.05, 4.69) is 10.3 Å². The highest BCUT2D eigenvalue weighted by atomic mass is 35.5. The van der Waals surface area contributed by atoms with Gasteiger partial charge in [-0.15, -0.1) is 11.3 Å². The van der Waals surface area contributed by atoms with Crippen molar-refractivity contribution >= 4 is 45.8 Å². The smallest absolute Gasteiger partial charge is 0.246 e. The van der Waals surface area contributed by atoms with Crippen molar-refractivity contribution in [1.82, 2.24) is 9.88 Å². The lowest BCUT2D eigenvalue weighted by Gasteiger charge is -2.14. The number of halogens is 2. The van der Waals surface area contributed by atoms with Crippen LogP contribution in [0.4, 0.5) is 9.52 Å². The van der Waals surface area contributed by atoms with Gasteiger partial charge in [-0.05, 0) is 31.0 Å². The van der Waals surface area contributed by atoms with Crippen molar-refractivity contribution in [2.45, 2.75) is 12.8 Å². The van der Waals surface area contributed by atoms with Gasteiger partial charge in [-0.25, -0.2) is 9.37 Å². The van der Waals surface area contributed by atoms with E-state index < -0.39 is 11.7 Å². The first-order chi connectivity index (χ1) is 13.4. The van der Waals surface area contributed by atoms with Crippen molar-refractivity contribution in [3.05, 3.63) is 46.6 Å². The first kappa shape index (κ1) is 18.8. The number of hydrogen-bond donors (Lipinski definition) is 1. The molecular weight excluding hydrogens is 405 g/mol. The molecule has 0 saturated carbocycles. The summed E-state index contributed by atoms with van der Waals surface area (Å²) in [5.41, 5.74) is 1.04. The van der Waals surface area contributed by atoms with Gasteiger partial charge in [0.1, 0.15) is 12.4 Å². The highest BCUT2D eigenvalue weighted by Crippen LogP contribution is 2.35. The number of benzene rings is 1. The van der Waals surface area contributed by atoms with Gasteiger partial charge < -0.3 is 5.32 Å². The molecule has 1 N–H and O–H groups in total. The number of amides is 3. The predicted octanol–water partition coefficient (Wildman–Crippen LogP) is 3.49. The number of thiazole rings is 1. The summed E-state index contributed by atoms with van der Waals surface area (Å²) in [5, 5.41) is 4.80. The molecule has 4 rings (SSSR count). The third kappa shape index (κ3) is 3.45. The molecule has 1 aromatic heterocycles. The molecule has 1 saturated heterocycles. The summed E-state index contributed by atoms with van der Waals surface area (Å²) in [4.78, 5) is 42.5. The van der Waals surface area contributed by atoms with Crippen molar-refractivity contribution in [1.29, 1.82) is 0 Å². The second-order valence-corrected chi connectivity index (χ2v) is 7.89. The van der Waals surface area contributed by atoms with Crippen LogP contribution in [0.1, 0.15) is 12.8 Å². The fourth-order valence-corrected chi connectivity index (χ4v) is 4.47. The number of nitrogens with one attached hydrogen (secondary N) is 1. The molecule has 2 atom stereocenters. The van der Waals surface area contributed by atoms with Crippen LogP contribution in [0.5, 0.6) is 0 Å². The number of aromatic nitrogens is 1. The molecule has 1 aromatic carbocycles. The molecule has 9 heteroatoms. The van der Waals surface area contributed by atoms with E-state index in [1.54, 1.807) is 5.38 Å². The third-order valence-electron chi connectivity index (χ3n) is 4.86. The number of carbonyl (C=O) groups excluding carboxylic acids is 3. The SMILES string of the molecule is O=C(CN1C(=O)C2CC=CCC2C1=O)Nc1nc(-c2ccc(F)cc2Cl)cs1. The zero-order chi connectivity index (χ0) is 19.8. The Morgan fingerprint density at radius 3 is 2.57 bits per heavy atom. The van der Waals surface area contributed by atoms with E-state index >= 15 is 0 Å². The van der Waals surface area contributed by atoms with E-state index in [0.29, 0.717) is 29.2 Å². The van der Waals surface area contributed by atoms with E-state index in [1.807, 2.05) is 12.2 Å². The fourth-order valence-electron chi connectivity index (χ4n) is 3.48. The Hall–Kier alpha value is -2.58. The normalized spacial score (nSPS) is 21.1. The molecular formula is C19H15ClFN3O3S. The van der Waals surface area contributed by atoms with Crippen LogP contribution >= 0.6 is 22.9 Å². The Kier molecular flexibility index (Phi) is 4.99. The summed E-state index contributed by atoms with van der Waals surface area (Å²) in [7, 11) is 0. The van der Waals surface area contributed by atoms with Crippen LogP contribution in [0.15, 0.2) is 35.7 Å². The van der Waals surface area contributed by atoms with Crippen LogP contribution in [-0.4, -0.2) is 34.2 Å². The molecule has 1 aliphatic heterocycles. The maximum atomic E-state index is 13.2. The number of nitrogens with zero attached hydrogens (tertiary/aromatic N) is 2. The topological polar surface area (TPSA) is 79.4 Å². The summed E-state index contributed by atoms with van der Waals surface area (Å²) >= 11 is 7.21. The van der Waals surface area contributed by atoms with Gasteiger partial charge in [0.2, 0.25) is 17.7 Å². The number of likely N-dealkylation sites (tertiary alicyclic amines) is 1. The molecule has 6 nitrogen and oxygen atoms in total. The number of allylic oxidation sites excluding steroid dienone is 2.